The van der Waals surface area contributed by atoms with E-state index in [1.54, 1.807) is 7.05 Å². The van der Waals surface area contributed by atoms with Crippen LogP contribution in [0.4, 0.5) is 8.78 Å². The molecule has 0 saturated heterocycles. The molecule has 0 unspecified atom stereocenters. The molecule has 0 fully saturated rings. The van der Waals surface area contributed by atoms with Crippen LogP contribution in [0.2, 0.25) is 0 Å². The number of hydrogen-bond acceptors (Lipinski definition) is 1. The summed E-state index contributed by atoms with van der Waals surface area (Å²) in [6, 6.07) is 2.52. The van der Waals surface area contributed by atoms with Crippen LogP contribution in [0.5, 0.6) is 0 Å². The van der Waals surface area contributed by atoms with Crippen molar-refractivity contribution < 1.29 is 8.78 Å². The van der Waals surface area contributed by atoms with E-state index in [-0.39, 0.29) is 18.1 Å². The highest BCUT2D eigenvalue weighted by Gasteiger charge is 2.06. The zero-order valence-corrected chi connectivity index (χ0v) is 8.62. The summed E-state index contributed by atoms with van der Waals surface area (Å²) in [5, 5.41) is 12.4. The molecule has 0 saturated carbocycles. The first-order chi connectivity index (χ1) is 7.04. The lowest BCUT2D eigenvalue weighted by atomic mass is 10.1. The molecule has 1 aromatic carbocycles. The van der Waals surface area contributed by atoms with E-state index in [0.717, 1.165) is 0 Å². The molecule has 0 bridgehead atoms. The zero-order valence-electron chi connectivity index (χ0n) is 8.62. The van der Waals surface area contributed by atoms with Crippen molar-refractivity contribution in [2.45, 2.75) is 13.5 Å². The third kappa shape index (κ3) is 2.90. The van der Waals surface area contributed by atoms with E-state index in [4.69, 9.17) is 5.41 Å². The van der Waals surface area contributed by atoms with E-state index >= 15 is 0 Å². The standard InChI is InChI=1S/C10H13F2N3/c1-6-8(11)3-7(4-9(6)12)5-15-10(13)14-2/h3-4H,5H2,1-2H3,(H3,13,14,15). The van der Waals surface area contributed by atoms with Crippen LogP contribution in [0.3, 0.4) is 0 Å². The molecule has 1 rings (SSSR count). The van der Waals surface area contributed by atoms with Gasteiger partial charge in [0.15, 0.2) is 5.96 Å². The third-order valence-electron chi connectivity index (χ3n) is 2.06. The van der Waals surface area contributed by atoms with E-state index < -0.39 is 11.6 Å². The van der Waals surface area contributed by atoms with Crippen molar-refractivity contribution in [3.05, 3.63) is 34.9 Å². The van der Waals surface area contributed by atoms with E-state index in [1.165, 1.54) is 19.1 Å². The van der Waals surface area contributed by atoms with Gasteiger partial charge in [-0.2, -0.15) is 0 Å². The van der Waals surface area contributed by atoms with Gasteiger partial charge in [0.25, 0.3) is 0 Å². The maximum Gasteiger partial charge on any atom is 0.188 e. The second-order valence-corrected chi connectivity index (χ2v) is 3.16. The van der Waals surface area contributed by atoms with Gasteiger partial charge in [-0.1, -0.05) is 0 Å². The minimum Gasteiger partial charge on any atom is -0.360 e. The lowest BCUT2D eigenvalue weighted by molar-refractivity contribution is 0.563. The molecule has 0 aliphatic rings. The molecular formula is C10H13F2N3. The normalized spacial score (nSPS) is 9.87. The van der Waals surface area contributed by atoms with Crippen molar-refractivity contribution in [1.82, 2.24) is 10.6 Å². The maximum atomic E-state index is 13.1. The Morgan fingerprint density at radius 2 is 1.87 bits per heavy atom. The zero-order chi connectivity index (χ0) is 11.4. The highest BCUT2D eigenvalue weighted by atomic mass is 19.1. The average Bonchev–Trinajstić information content (AvgIpc) is 2.22. The molecule has 3 N–H and O–H groups in total. The van der Waals surface area contributed by atoms with Crippen LogP contribution in [0.15, 0.2) is 12.1 Å². The first-order valence-corrected chi connectivity index (χ1v) is 4.49. The number of guanidine groups is 1. The molecule has 0 aromatic heterocycles. The number of benzene rings is 1. The lowest BCUT2D eigenvalue weighted by Crippen LogP contribution is -2.33. The fraction of sp³-hybridized carbons (Fsp3) is 0.300. The molecule has 15 heavy (non-hydrogen) atoms. The average molecular weight is 213 g/mol. The maximum absolute atomic E-state index is 13.1. The van der Waals surface area contributed by atoms with E-state index in [9.17, 15) is 8.78 Å². The summed E-state index contributed by atoms with van der Waals surface area (Å²) in [5.74, 6) is -1.03. The Labute approximate surface area is 87.0 Å². The molecule has 82 valence electrons. The molecule has 0 heterocycles. The summed E-state index contributed by atoms with van der Waals surface area (Å²) in [6.45, 7) is 1.60. The highest BCUT2D eigenvalue weighted by molar-refractivity contribution is 5.75. The van der Waals surface area contributed by atoms with E-state index in [2.05, 4.69) is 10.6 Å². The SMILES string of the molecule is CNC(=N)NCc1cc(F)c(C)c(F)c1. The molecule has 5 heteroatoms. The van der Waals surface area contributed by atoms with Gasteiger partial charge in [0.05, 0.1) is 0 Å². The Balaban J connectivity index is 2.75. The Kier molecular flexibility index (Phi) is 3.60. The second kappa shape index (κ2) is 4.72. The number of nitrogens with one attached hydrogen (secondary N) is 3. The molecule has 0 aliphatic carbocycles. The predicted molar refractivity (Wildman–Crippen MR) is 54.7 cm³/mol. The summed E-state index contributed by atoms with van der Waals surface area (Å²) < 4.78 is 26.2. The van der Waals surface area contributed by atoms with Crippen molar-refractivity contribution >= 4 is 5.96 Å². The largest absolute Gasteiger partial charge is 0.360 e. The monoisotopic (exact) mass is 213 g/mol. The van der Waals surface area contributed by atoms with Crippen LogP contribution >= 0.6 is 0 Å². The second-order valence-electron chi connectivity index (χ2n) is 3.16. The van der Waals surface area contributed by atoms with Crippen molar-refractivity contribution in [3.8, 4) is 0 Å². The quantitative estimate of drug-likeness (QED) is 0.515. The van der Waals surface area contributed by atoms with Gasteiger partial charge in [-0.15, -0.1) is 0 Å². The van der Waals surface area contributed by atoms with Crippen LogP contribution in [-0.4, -0.2) is 13.0 Å². The molecule has 3 nitrogen and oxygen atoms in total. The van der Waals surface area contributed by atoms with Gasteiger partial charge in [0.2, 0.25) is 0 Å². The van der Waals surface area contributed by atoms with E-state index in [0.29, 0.717) is 5.56 Å². The molecule has 0 aliphatic heterocycles. The van der Waals surface area contributed by atoms with Crippen LogP contribution in [0.25, 0.3) is 0 Å². The van der Waals surface area contributed by atoms with Crippen LogP contribution in [0, 0.1) is 24.0 Å². The molecular weight excluding hydrogens is 200 g/mol. The smallest absolute Gasteiger partial charge is 0.188 e. The van der Waals surface area contributed by atoms with Crippen molar-refractivity contribution in [2.24, 2.45) is 0 Å². The van der Waals surface area contributed by atoms with Crippen molar-refractivity contribution in [3.63, 3.8) is 0 Å². The Hall–Kier alpha value is -1.65. The highest BCUT2D eigenvalue weighted by Crippen LogP contribution is 2.13. The van der Waals surface area contributed by atoms with Gasteiger partial charge in [-0.05, 0) is 24.6 Å². The molecule has 0 amide bonds. The first kappa shape index (κ1) is 11.4. The summed E-state index contributed by atoms with van der Waals surface area (Å²) in [5.41, 5.74) is 0.484. The molecule has 1 aromatic rings. The fourth-order valence-corrected chi connectivity index (χ4v) is 1.08. The van der Waals surface area contributed by atoms with Crippen molar-refractivity contribution in [2.75, 3.05) is 7.05 Å². The summed E-state index contributed by atoms with van der Waals surface area (Å²) in [6.07, 6.45) is 0. The number of halogens is 2. The Morgan fingerprint density at radius 1 is 1.33 bits per heavy atom. The van der Waals surface area contributed by atoms with E-state index in [1.807, 2.05) is 0 Å². The van der Waals surface area contributed by atoms with Gasteiger partial charge in [0.1, 0.15) is 11.6 Å². The number of rotatable bonds is 2. The third-order valence-corrected chi connectivity index (χ3v) is 2.06. The van der Waals surface area contributed by atoms with Gasteiger partial charge in [-0.25, -0.2) is 8.78 Å². The minimum atomic E-state index is -0.567. The summed E-state index contributed by atoms with van der Waals surface area (Å²) >= 11 is 0. The molecule has 0 spiro atoms. The Morgan fingerprint density at radius 3 is 2.33 bits per heavy atom. The van der Waals surface area contributed by atoms with Gasteiger partial charge >= 0.3 is 0 Å². The van der Waals surface area contributed by atoms with Crippen LogP contribution in [0.1, 0.15) is 11.1 Å². The van der Waals surface area contributed by atoms with Gasteiger partial charge < -0.3 is 10.6 Å². The Bertz CT molecular complexity index is 354. The molecule has 0 radical (unpaired) electrons. The lowest BCUT2D eigenvalue weighted by Gasteiger charge is -2.08. The number of hydrogen-bond donors (Lipinski definition) is 3. The fourth-order valence-electron chi connectivity index (χ4n) is 1.08. The predicted octanol–water partition coefficient (Wildman–Crippen LogP) is 1.52. The van der Waals surface area contributed by atoms with Crippen LogP contribution < -0.4 is 10.6 Å². The van der Waals surface area contributed by atoms with Gasteiger partial charge in [0, 0.05) is 19.2 Å². The van der Waals surface area contributed by atoms with Crippen LogP contribution in [-0.2, 0) is 6.54 Å². The minimum absolute atomic E-state index is 0.0162. The molecule has 0 atom stereocenters. The topological polar surface area (TPSA) is 47.9 Å². The summed E-state index contributed by atoms with van der Waals surface area (Å²) in [4.78, 5) is 0. The van der Waals surface area contributed by atoms with Gasteiger partial charge in [-0.3, -0.25) is 5.41 Å². The summed E-state index contributed by atoms with van der Waals surface area (Å²) in [7, 11) is 1.59. The first-order valence-electron chi connectivity index (χ1n) is 4.49. The van der Waals surface area contributed by atoms with Crippen molar-refractivity contribution in [1.29, 1.82) is 5.41 Å².